The standard InChI is InChI=1S/C9H19NS/c1-8(2)5-7-11-9(3)4-6-10/h5,9H,4,6-7,10H2,1-3H3. The molecule has 0 rings (SSSR count). The molecule has 0 aromatic heterocycles. The number of thioether (sulfide) groups is 1. The molecule has 0 aliphatic carbocycles. The molecular formula is C9H19NS. The molecule has 66 valence electrons. The minimum Gasteiger partial charge on any atom is -0.330 e. The van der Waals surface area contributed by atoms with E-state index in [0.717, 1.165) is 18.7 Å². The Kier molecular flexibility index (Phi) is 6.77. The summed E-state index contributed by atoms with van der Waals surface area (Å²) in [5.74, 6) is 1.13. The van der Waals surface area contributed by atoms with Gasteiger partial charge in [-0.1, -0.05) is 18.6 Å². The number of hydrogen-bond acceptors (Lipinski definition) is 2. The second-order valence-electron chi connectivity index (χ2n) is 3.00. The Labute approximate surface area is 74.4 Å². The third kappa shape index (κ3) is 7.95. The molecule has 2 heteroatoms. The quantitative estimate of drug-likeness (QED) is 0.646. The molecule has 0 aliphatic rings. The monoisotopic (exact) mass is 173 g/mol. The molecule has 0 spiro atoms. The van der Waals surface area contributed by atoms with E-state index in [1.165, 1.54) is 5.57 Å². The molecule has 0 aromatic rings. The van der Waals surface area contributed by atoms with Crippen molar-refractivity contribution >= 4 is 11.8 Å². The molecule has 0 amide bonds. The molecule has 0 saturated heterocycles. The van der Waals surface area contributed by atoms with E-state index in [4.69, 9.17) is 5.73 Å². The van der Waals surface area contributed by atoms with Crippen LogP contribution < -0.4 is 5.73 Å². The van der Waals surface area contributed by atoms with Crippen LogP contribution in [0.2, 0.25) is 0 Å². The van der Waals surface area contributed by atoms with Crippen LogP contribution in [0.5, 0.6) is 0 Å². The van der Waals surface area contributed by atoms with Crippen LogP contribution in [-0.2, 0) is 0 Å². The highest BCUT2D eigenvalue weighted by molar-refractivity contribution is 8.00. The number of allylic oxidation sites excluding steroid dienone is 1. The summed E-state index contributed by atoms with van der Waals surface area (Å²) in [6.45, 7) is 7.31. The van der Waals surface area contributed by atoms with Crippen molar-refractivity contribution in [3.8, 4) is 0 Å². The highest BCUT2D eigenvalue weighted by atomic mass is 32.2. The van der Waals surface area contributed by atoms with Gasteiger partial charge in [0.2, 0.25) is 0 Å². The summed E-state index contributed by atoms with van der Waals surface area (Å²) in [4.78, 5) is 0. The summed E-state index contributed by atoms with van der Waals surface area (Å²) >= 11 is 1.97. The number of rotatable bonds is 5. The van der Waals surface area contributed by atoms with Gasteiger partial charge in [-0.25, -0.2) is 0 Å². The lowest BCUT2D eigenvalue weighted by atomic mass is 10.3. The molecule has 0 aliphatic heterocycles. The molecule has 0 aromatic carbocycles. The smallest absolute Gasteiger partial charge is 0.0118 e. The maximum absolute atomic E-state index is 5.43. The molecule has 1 atom stereocenters. The maximum atomic E-state index is 5.43. The third-order valence-electron chi connectivity index (χ3n) is 1.45. The Morgan fingerprint density at radius 2 is 2.18 bits per heavy atom. The van der Waals surface area contributed by atoms with Crippen LogP contribution in [0.4, 0.5) is 0 Å². The van der Waals surface area contributed by atoms with Crippen LogP contribution in [0.25, 0.3) is 0 Å². The minimum absolute atomic E-state index is 0.704. The third-order valence-corrected chi connectivity index (χ3v) is 2.61. The Morgan fingerprint density at radius 1 is 1.55 bits per heavy atom. The lowest BCUT2D eigenvalue weighted by Gasteiger charge is -2.06. The topological polar surface area (TPSA) is 26.0 Å². The van der Waals surface area contributed by atoms with E-state index in [2.05, 4.69) is 26.8 Å². The lowest BCUT2D eigenvalue weighted by molar-refractivity contribution is 0.824. The van der Waals surface area contributed by atoms with Crippen molar-refractivity contribution in [3.63, 3.8) is 0 Å². The zero-order valence-corrected chi connectivity index (χ0v) is 8.58. The van der Waals surface area contributed by atoms with Crippen molar-refractivity contribution < 1.29 is 0 Å². The van der Waals surface area contributed by atoms with Gasteiger partial charge in [0.15, 0.2) is 0 Å². The van der Waals surface area contributed by atoms with Crippen molar-refractivity contribution in [1.29, 1.82) is 0 Å². The van der Waals surface area contributed by atoms with E-state index in [1.807, 2.05) is 11.8 Å². The first-order valence-corrected chi connectivity index (χ1v) is 5.16. The van der Waals surface area contributed by atoms with Crippen LogP contribution >= 0.6 is 11.8 Å². The molecule has 0 heterocycles. The van der Waals surface area contributed by atoms with Gasteiger partial charge in [0.05, 0.1) is 0 Å². The molecular weight excluding hydrogens is 154 g/mol. The first kappa shape index (κ1) is 11.1. The number of nitrogens with two attached hydrogens (primary N) is 1. The average Bonchev–Trinajstić information content (AvgIpc) is 1.87. The van der Waals surface area contributed by atoms with Crippen molar-refractivity contribution in [1.82, 2.24) is 0 Å². The van der Waals surface area contributed by atoms with Gasteiger partial charge < -0.3 is 5.73 Å². The predicted octanol–water partition coefficient (Wildman–Crippen LogP) is 2.42. The first-order valence-electron chi connectivity index (χ1n) is 4.12. The SMILES string of the molecule is CC(C)=CCSC(C)CCN. The molecule has 1 nitrogen and oxygen atoms in total. The summed E-state index contributed by atoms with van der Waals surface area (Å²) in [6, 6.07) is 0. The van der Waals surface area contributed by atoms with Gasteiger partial charge in [0.25, 0.3) is 0 Å². The normalized spacial score (nSPS) is 12.7. The largest absolute Gasteiger partial charge is 0.330 e. The maximum Gasteiger partial charge on any atom is 0.0118 e. The number of hydrogen-bond donors (Lipinski definition) is 1. The second-order valence-corrected chi connectivity index (χ2v) is 4.47. The molecule has 0 saturated carbocycles. The van der Waals surface area contributed by atoms with Gasteiger partial charge in [-0.05, 0) is 26.8 Å². The minimum atomic E-state index is 0.704. The van der Waals surface area contributed by atoms with Gasteiger partial charge in [-0.15, -0.1) is 0 Å². The molecule has 11 heavy (non-hydrogen) atoms. The van der Waals surface area contributed by atoms with E-state index < -0.39 is 0 Å². The van der Waals surface area contributed by atoms with Gasteiger partial charge in [0, 0.05) is 11.0 Å². The zero-order chi connectivity index (χ0) is 8.69. The Balaban J connectivity index is 3.31. The van der Waals surface area contributed by atoms with Crippen LogP contribution in [0.3, 0.4) is 0 Å². The van der Waals surface area contributed by atoms with E-state index in [-0.39, 0.29) is 0 Å². The van der Waals surface area contributed by atoms with Crippen LogP contribution in [0, 0.1) is 0 Å². The zero-order valence-electron chi connectivity index (χ0n) is 7.76. The van der Waals surface area contributed by atoms with Crippen molar-refractivity contribution in [3.05, 3.63) is 11.6 Å². The van der Waals surface area contributed by atoms with Gasteiger partial charge >= 0.3 is 0 Å². The fraction of sp³-hybridized carbons (Fsp3) is 0.778. The van der Waals surface area contributed by atoms with Crippen LogP contribution in [-0.4, -0.2) is 17.5 Å². The highest BCUT2D eigenvalue weighted by Gasteiger charge is 1.97. The van der Waals surface area contributed by atoms with E-state index in [0.29, 0.717) is 5.25 Å². The second kappa shape index (κ2) is 6.74. The van der Waals surface area contributed by atoms with E-state index in [1.54, 1.807) is 0 Å². The molecule has 0 fully saturated rings. The first-order chi connectivity index (χ1) is 5.16. The summed E-state index contributed by atoms with van der Waals surface area (Å²) in [5, 5.41) is 0.704. The fourth-order valence-electron chi connectivity index (χ4n) is 0.697. The fourth-order valence-corrected chi connectivity index (χ4v) is 1.76. The molecule has 0 bridgehead atoms. The average molecular weight is 173 g/mol. The van der Waals surface area contributed by atoms with Crippen LogP contribution in [0.1, 0.15) is 27.2 Å². The summed E-state index contributed by atoms with van der Waals surface area (Å²) in [6.07, 6.45) is 3.39. The Hall–Kier alpha value is 0.0500. The Bertz CT molecular complexity index is 117. The molecule has 0 radical (unpaired) electrons. The highest BCUT2D eigenvalue weighted by Crippen LogP contribution is 2.13. The van der Waals surface area contributed by atoms with Crippen LogP contribution in [0.15, 0.2) is 11.6 Å². The van der Waals surface area contributed by atoms with Gasteiger partial charge in [-0.3, -0.25) is 0 Å². The molecule has 2 N–H and O–H groups in total. The van der Waals surface area contributed by atoms with Crippen molar-refractivity contribution in [2.24, 2.45) is 5.73 Å². The predicted molar refractivity (Wildman–Crippen MR) is 55.0 cm³/mol. The molecule has 1 unspecified atom stereocenters. The lowest BCUT2D eigenvalue weighted by Crippen LogP contribution is -2.07. The van der Waals surface area contributed by atoms with Crippen molar-refractivity contribution in [2.75, 3.05) is 12.3 Å². The summed E-state index contributed by atoms with van der Waals surface area (Å²) in [5.41, 5.74) is 6.83. The van der Waals surface area contributed by atoms with Gasteiger partial charge in [-0.2, -0.15) is 11.8 Å². The van der Waals surface area contributed by atoms with Gasteiger partial charge in [0.1, 0.15) is 0 Å². The summed E-state index contributed by atoms with van der Waals surface area (Å²) in [7, 11) is 0. The summed E-state index contributed by atoms with van der Waals surface area (Å²) < 4.78 is 0. The Morgan fingerprint density at radius 3 is 2.64 bits per heavy atom. The van der Waals surface area contributed by atoms with E-state index >= 15 is 0 Å². The van der Waals surface area contributed by atoms with Crippen molar-refractivity contribution in [2.45, 2.75) is 32.4 Å². The van der Waals surface area contributed by atoms with E-state index in [9.17, 15) is 0 Å².